The van der Waals surface area contributed by atoms with Gasteiger partial charge in [-0.3, -0.25) is 0 Å². The van der Waals surface area contributed by atoms with Crippen LogP contribution in [0.25, 0.3) is 0 Å². The number of rotatable bonds is 9. The second-order valence-corrected chi connectivity index (χ2v) is 7.02. The van der Waals surface area contributed by atoms with Crippen molar-refractivity contribution in [2.45, 2.75) is 52.4 Å². The zero-order valence-electron chi connectivity index (χ0n) is 13.5. The number of halogens is 1. The molecule has 1 aromatic carbocycles. The van der Waals surface area contributed by atoms with Crippen LogP contribution in [-0.2, 0) is 4.74 Å². The van der Waals surface area contributed by atoms with Gasteiger partial charge in [-0.05, 0) is 43.9 Å². The Kier molecular flexibility index (Phi) is 8.49. The summed E-state index contributed by atoms with van der Waals surface area (Å²) in [6.45, 7) is 9.43. The highest BCUT2D eigenvalue weighted by molar-refractivity contribution is 9.10. The standard InChI is InChI=1S/C17H28BrNO2/c1-12(2)9-13(3)21-11-17(20)10-19-14(4)15-5-7-16(18)8-6-15/h5-8,12-14,17,19-20H,9-11H2,1-4H3/t13?,14-,17?/m0/s1. The SMILES string of the molecule is CC(C)CC(C)OCC(O)CN[C@@H](C)c1ccc(Br)cc1. The van der Waals surface area contributed by atoms with Crippen molar-refractivity contribution in [3.63, 3.8) is 0 Å². The van der Waals surface area contributed by atoms with E-state index in [4.69, 9.17) is 4.74 Å². The van der Waals surface area contributed by atoms with Gasteiger partial charge in [0, 0.05) is 17.1 Å². The van der Waals surface area contributed by atoms with Gasteiger partial charge in [-0.25, -0.2) is 0 Å². The van der Waals surface area contributed by atoms with Crippen molar-refractivity contribution in [3.8, 4) is 0 Å². The fourth-order valence-corrected chi connectivity index (χ4v) is 2.51. The van der Waals surface area contributed by atoms with Gasteiger partial charge >= 0.3 is 0 Å². The quantitative estimate of drug-likeness (QED) is 0.703. The smallest absolute Gasteiger partial charge is 0.0898 e. The van der Waals surface area contributed by atoms with Gasteiger partial charge in [-0.1, -0.05) is 41.9 Å². The summed E-state index contributed by atoms with van der Waals surface area (Å²) >= 11 is 3.43. The molecule has 1 aromatic rings. The van der Waals surface area contributed by atoms with Gasteiger partial charge < -0.3 is 15.2 Å². The minimum Gasteiger partial charge on any atom is -0.389 e. The van der Waals surface area contributed by atoms with Crippen LogP contribution in [0.2, 0.25) is 0 Å². The van der Waals surface area contributed by atoms with Crippen molar-refractivity contribution in [2.75, 3.05) is 13.2 Å². The van der Waals surface area contributed by atoms with Gasteiger partial charge in [-0.15, -0.1) is 0 Å². The van der Waals surface area contributed by atoms with E-state index >= 15 is 0 Å². The number of benzene rings is 1. The average Bonchev–Trinajstić information content (AvgIpc) is 2.42. The Balaban J connectivity index is 2.26. The summed E-state index contributed by atoms with van der Waals surface area (Å²) in [4.78, 5) is 0. The lowest BCUT2D eigenvalue weighted by molar-refractivity contribution is -0.00914. The van der Waals surface area contributed by atoms with Gasteiger partial charge in [0.15, 0.2) is 0 Å². The lowest BCUT2D eigenvalue weighted by atomic mass is 10.1. The van der Waals surface area contributed by atoms with E-state index in [1.165, 1.54) is 5.56 Å². The van der Waals surface area contributed by atoms with E-state index in [0.717, 1.165) is 10.9 Å². The monoisotopic (exact) mass is 357 g/mol. The van der Waals surface area contributed by atoms with Crippen LogP contribution in [0.1, 0.15) is 45.7 Å². The van der Waals surface area contributed by atoms with Crippen molar-refractivity contribution >= 4 is 15.9 Å². The molecular formula is C17H28BrNO2. The summed E-state index contributed by atoms with van der Waals surface area (Å²) < 4.78 is 6.75. The number of ether oxygens (including phenoxy) is 1. The molecular weight excluding hydrogens is 330 g/mol. The molecule has 21 heavy (non-hydrogen) atoms. The fourth-order valence-electron chi connectivity index (χ4n) is 2.25. The van der Waals surface area contributed by atoms with Crippen molar-refractivity contribution in [1.82, 2.24) is 5.32 Å². The van der Waals surface area contributed by atoms with Crippen molar-refractivity contribution < 1.29 is 9.84 Å². The maximum absolute atomic E-state index is 9.98. The first-order valence-corrected chi connectivity index (χ1v) is 8.46. The molecule has 2 unspecified atom stereocenters. The molecule has 0 aliphatic carbocycles. The van der Waals surface area contributed by atoms with Gasteiger partial charge in [0.1, 0.15) is 0 Å². The summed E-state index contributed by atoms with van der Waals surface area (Å²) in [7, 11) is 0. The van der Waals surface area contributed by atoms with Gasteiger partial charge in [-0.2, -0.15) is 0 Å². The second-order valence-electron chi connectivity index (χ2n) is 6.11. The molecule has 0 amide bonds. The molecule has 0 aliphatic heterocycles. The van der Waals surface area contributed by atoms with Crippen molar-refractivity contribution in [1.29, 1.82) is 0 Å². The zero-order valence-corrected chi connectivity index (χ0v) is 15.1. The highest BCUT2D eigenvalue weighted by atomic mass is 79.9. The molecule has 0 heterocycles. The summed E-state index contributed by atoms with van der Waals surface area (Å²) in [6, 6.07) is 8.42. The van der Waals surface area contributed by atoms with E-state index in [1.807, 2.05) is 12.1 Å². The molecule has 0 aromatic heterocycles. The average molecular weight is 358 g/mol. The van der Waals surface area contributed by atoms with Crippen LogP contribution in [0.3, 0.4) is 0 Å². The highest BCUT2D eigenvalue weighted by Gasteiger charge is 2.11. The van der Waals surface area contributed by atoms with Crippen LogP contribution in [0, 0.1) is 5.92 Å². The molecule has 0 radical (unpaired) electrons. The normalized spacial score (nSPS) is 16.0. The predicted octanol–water partition coefficient (Wildman–Crippen LogP) is 3.91. The number of aliphatic hydroxyl groups excluding tert-OH is 1. The highest BCUT2D eigenvalue weighted by Crippen LogP contribution is 2.16. The van der Waals surface area contributed by atoms with Crippen LogP contribution >= 0.6 is 15.9 Å². The first-order chi connectivity index (χ1) is 9.88. The Labute approximate surface area is 137 Å². The molecule has 3 atom stereocenters. The third-order valence-corrected chi connectivity index (χ3v) is 3.93. The molecule has 0 fully saturated rings. The summed E-state index contributed by atoms with van der Waals surface area (Å²) in [5, 5.41) is 13.3. The Bertz CT molecular complexity index is 394. The van der Waals surface area contributed by atoms with Crippen LogP contribution in [0.15, 0.2) is 28.7 Å². The minimum atomic E-state index is -0.475. The van der Waals surface area contributed by atoms with E-state index < -0.39 is 6.10 Å². The van der Waals surface area contributed by atoms with Gasteiger partial charge in [0.25, 0.3) is 0 Å². The molecule has 3 nitrogen and oxygen atoms in total. The van der Waals surface area contributed by atoms with E-state index in [1.54, 1.807) is 0 Å². The van der Waals surface area contributed by atoms with E-state index in [9.17, 15) is 5.11 Å². The molecule has 4 heteroatoms. The molecule has 120 valence electrons. The molecule has 1 rings (SSSR count). The second kappa shape index (κ2) is 9.57. The molecule has 0 bridgehead atoms. The Morgan fingerprint density at radius 2 is 1.76 bits per heavy atom. The predicted molar refractivity (Wildman–Crippen MR) is 91.4 cm³/mol. The van der Waals surface area contributed by atoms with E-state index in [-0.39, 0.29) is 12.1 Å². The summed E-state index contributed by atoms with van der Waals surface area (Å²) in [5.74, 6) is 0.618. The Morgan fingerprint density at radius 1 is 1.14 bits per heavy atom. The van der Waals surface area contributed by atoms with Crippen LogP contribution < -0.4 is 5.32 Å². The maximum atomic E-state index is 9.98. The summed E-state index contributed by atoms with van der Waals surface area (Å²) in [5.41, 5.74) is 1.21. The Hall–Kier alpha value is -0.420. The lowest BCUT2D eigenvalue weighted by Gasteiger charge is -2.20. The zero-order chi connectivity index (χ0) is 15.8. The van der Waals surface area contributed by atoms with Crippen molar-refractivity contribution in [2.24, 2.45) is 5.92 Å². The third kappa shape index (κ3) is 7.96. The number of hydrogen-bond donors (Lipinski definition) is 2. The number of aliphatic hydroxyl groups is 1. The topological polar surface area (TPSA) is 41.5 Å². The molecule has 2 N–H and O–H groups in total. The lowest BCUT2D eigenvalue weighted by Crippen LogP contribution is -2.33. The van der Waals surface area contributed by atoms with E-state index in [2.05, 4.69) is 61.1 Å². The minimum absolute atomic E-state index is 0.198. The molecule has 0 saturated carbocycles. The van der Waals surface area contributed by atoms with E-state index in [0.29, 0.717) is 19.1 Å². The van der Waals surface area contributed by atoms with Gasteiger partial charge in [0.05, 0.1) is 18.8 Å². The van der Waals surface area contributed by atoms with Crippen LogP contribution in [-0.4, -0.2) is 30.5 Å². The summed E-state index contributed by atoms with van der Waals surface area (Å²) in [6.07, 6.45) is 0.746. The maximum Gasteiger partial charge on any atom is 0.0898 e. The van der Waals surface area contributed by atoms with Gasteiger partial charge in [0.2, 0.25) is 0 Å². The Morgan fingerprint density at radius 3 is 2.33 bits per heavy atom. The number of nitrogens with one attached hydrogen (secondary N) is 1. The van der Waals surface area contributed by atoms with Crippen LogP contribution in [0.5, 0.6) is 0 Å². The van der Waals surface area contributed by atoms with Crippen LogP contribution in [0.4, 0.5) is 0 Å². The first kappa shape index (κ1) is 18.6. The molecule has 0 spiro atoms. The van der Waals surface area contributed by atoms with Crippen molar-refractivity contribution in [3.05, 3.63) is 34.3 Å². The largest absolute Gasteiger partial charge is 0.389 e. The molecule has 0 aliphatic rings. The first-order valence-electron chi connectivity index (χ1n) is 7.67. The fraction of sp³-hybridized carbons (Fsp3) is 0.647. The number of hydrogen-bond acceptors (Lipinski definition) is 3. The molecule has 0 saturated heterocycles. The third-order valence-electron chi connectivity index (χ3n) is 3.41.